The van der Waals surface area contributed by atoms with Crippen LogP contribution in [0.2, 0.25) is 0 Å². The first kappa shape index (κ1) is 41.5. The van der Waals surface area contributed by atoms with Gasteiger partial charge in [-0.1, -0.05) is 32.4 Å². The Morgan fingerprint density at radius 3 is 2.20 bits per heavy atom. The van der Waals surface area contributed by atoms with E-state index in [9.17, 15) is 48.9 Å². The molecule has 15 nitrogen and oxygen atoms in total. The molecular formula is C32H48N5O10S2+. The van der Waals surface area contributed by atoms with Crippen molar-refractivity contribution in [3.05, 3.63) is 29.8 Å². The van der Waals surface area contributed by atoms with E-state index in [1.807, 2.05) is 6.92 Å². The second-order valence-electron chi connectivity index (χ2n) is 12.4. The van der Waals surface area contributed by atoms with Gasteiger partial charge in [0.15, 0.2) is 22.9 Å². The van der Waals surface area contributed by atoms with Crippen molar-refractivity contribution in [3.63, 3.8) is 0 Å². The minimum absolute atomic E-state index is 0.00897. The van der Waals surface area contributed by atoms with Gasteiger partial charge < -0.3 is 42.3 Å². The van der Waals surface area contributed by atoms with Gasteiger partial charge in [-0.2, -0.15) is 25.3 Å². The summed E-state index contributed by atoms with van der Waals surface area (Å²) in [6.45, 7) is 3.12. The molecule has 8 atom stereocenters. The summed E-state index contributed by atoms with van der Waals surface area (Å²) in [5.41, 5.74) is 9.47. The highest BCUT2D eigenvalue weighted by Gasteiger charge is 2.42. The number of thiol groups is 2. The van der Waals surface area contributed by atoms with E-state index < -0.39 is 95.4 Å². The summed E-state index contributed by atoms with van der Waals surface area (Å²) < 4.78 is 0. The minimum atomic E-state index is -1.39. The number of carboxylic acid groups (broad SMARTS) is 1. The van der Waals surface area contributed by atoms with E-state index in [1.54, 1.807) is 19.1 Å². The van der Waals surface area contributed by atoms with Crippen LogP contribution in [-0.4, -0.2) is 110 Å². The van der Waals surface area contributed by atoms with Crippen LogP contribution < -0.4 is 22.1 Å². The molecule has 272 valence electrons. The van der Waals surface area contributed by atoms with Gasteiger partial charge in [0.2, 0.25) is 23.6 Å². The number of nitrogens with one attached hydrogen (secondary N) is 2. The van der Waals surface area contributed by atoms with E-state index in [1.165, 1.54) is 17.0 Å². The van der Waals surface area contributed by atoms with Crippen molar-refractivity contribution in [2.75, 3.05) is 18.9 Å². The van der Waals surface area contributed by atoms with Crippen molar-refractivity contribution in [2.45, 2.75) is 81.8 Å². The highest BCUT2D eigenvalue weighted by Crippen LogP contribution is 2.28. The van der Waals surface area contributed by atoms with E-state index in [2.05, 4.69) is 41.6 Å². The van der Waals surface area contributed by atoms with Crippen LogP contribution in [0, 0.1) is 17.8 Å². The highest BCUT2D eigenvalue weighted by atomic mass is 32.1. The molecule has 0 aliphatic carbocycles. The van der Waals surface area contributed by atoms with Gasteiger partial charge in [0.1, 0.15) is 17.8 Å². The number of phenolic OH excluding ortho intramolecular Hbond substituents is 1. The molecule has 0 radical (unpaired) electrons. The number of Topliss-reactive ketones (excluding diaryl/α,β-unsaturated/α-hetero) is 2. The number of ketones is 2. The number of carbonyl (C=O) groups is 7. The molecule has 4 amide bonds. The number of aliphatic hydroxyl groups excluding tert-OH is 1. The predicted octanol–water partition coefficient (Wildman–Crippen LogP) is -1.51. The number of phenols is 1. The van der Waals surface area contributed by atoms with Gasteiger partial charge in [-0.05, 0) is 42.9 Å². The van der Waals surface area contributed by atoms with Gasteiger partial charge in [-0.15, -0.1) is 0 Å². The Labute approximate surface area is 295 Å². The standard InChI is InChI=1S/C32H47N5O10S2/c1-3-16(2)20(13-25(41)26(33)27(49)32(46)47)31(45)37-10-4-5-23(37)30(44)36-22(15-48)24(40)12-18(11-17-6-8-19(39)9-7-17)29(43)35-21(14-38)28(34)42/h6-9,16,18,20-23,26-27,38-39,48-49H,3-5,10-15,33H2,1-2H3,(H2,34,42)(H,35,43)(H,36,44)(H,46,47)/p+1/t16-,18+,20-,21-,22-,23-,26+,27+/m0/s1. The van der Waals surface area contributed by atoms with Gasteiger partial charge >= 0.3 is 5.97 Å². The van der Waals surface area contributed by atoms with Crippen LogP contribution in [-0.2, 0) is 40.0 Å². The van der Waals surface area contributed by atoms with Crippen molar-refractivity contribution < 1.29 is 54.6 Å². The van der Waals surface area contributed by atoms with Crippen LogP contribution >= 0.6 is 25.3 Å². The molecule has 1 saturated heterocycles. The molecule has 0 bridgehead atoms. The number of nitrogens with zero attached hydrogens (tertiary/aromatic N) is 1. The monoisotopic (exact) mass is 726 g/mol. The number of likely N-dealkylation sites (tertiary alicyclic amines) is 1. The summed E-state index contributed by atoms with van der Waals surface area (Å²) in [5.74, 6) is -7.47. The van der Waals surface area contributed by atoms with Crippen LogP contribution in [0.4, 0.5) is 0 Å². The molecule has 17 heteroatoms. The van der Waals surface area contributed by atoms with E-state index >= 15 is 0 Å². The predicted molar refractivity (Wildman–Crippen MR) is 183 cm³/mol. The summed E-state index contributed by atoms with van der Waals surface area (Å²) in [6, 6.07) is 1.24. The van der Waals surface area contributed by atoms with Crippen molar-refractivity contribution in [1.82, 2.24) is 15.5 Å². The fourth-order valence-electron chi connectivity index (χ4n) is 5.60. The van der Waals surface area contributed by atoms with Gasteiger partial charge in [-0.3, -0.25) is 33.6 Å². The number of rotatable bonds is 20. The summed E-state index contributed by atoms with van der Waals surface area (Å²) in [4.78, 5) is 91.4. The van der Waals surface area contributed by atoms with Crippen LogP contribution in [0.3, 0.4) is 0 Å². The number of carbonyl (C=O) groups excluding carboxylic acids is 6. The number of carboxylic acids is 1. The lowest BCUT2D eigenvalue weighted by molar-refractivity contribution is -0.400. The van der Waals surface area contributed by atoms with E-state index in [0.29, 0.717) is 24.8 Å². The molecule has 49 heavy (non-hydrogen) atoms. The summed E-state index contributed by atoms with van der Waals surface area (Å²) in [5, 5.41) is 32.0. The number of aromatic hydroxyl groups is 1. The maximum atomic E-state index is 13.8. The Bertz CT molecular complexity index is 1360. The first-order chi connectivity index (χ1) is 23.1. The third kappa shape index (κ3) is 11.7. The van der Waals surface area contributed by atoms with Gasteiger partial charge in [0.25, 0.3) is 0 Å². The Morgan fingerprint density at radius 2 is 1.67 bits per heavy atom. The average molecular weight is 727 g/mol. The van der Waals surface area contributed by atoms with Gasteiger partial charge in [0, 0.05) is 37.0 Å². The smallest absolute Gasteiger partial charge is 0.323 e. The molecule has 0 spiro atoms. The Hall–Kier alpha value is -3.67. The Kier molecular flexibility index (Phi) is 16.5. The quantitative estimate of drug-likeness (QED) is 0.0702. The fourth-order valence-corrected chi connectivity index (χ4v) is 6.06. The van der Waals surface area contributed by atoms with Crippen LogP contribution in [0.5, 0.6) is 5.75 Å². The summed E-state index contributed by atoms with van der Waals surface area (Å²) >= 11 is 8.20. The molecule has 1 aliphatic rings. The van der Waals surface area contributed by atoms with Gasteiger partial charge in [-0.25, -0.2) is 0 Å². The third-order valence-corrected chi connectivity index (χ3v) is 9.87. The molecule has 1 fully saturated rings. The largest absolute Gasteiger partial charge is 0.508 e. The normalized spacial score (nSPS) is 18.7. The number of hydrogen-bond acceptors (Lipinski definition) is 11. The first-order valence-electron chi connectivity index (χ1n) is 16.1. The molecule has 0 saturated carbocycles. The lowest BCUT2D eigenvalue weighted by Crippen LogP contribution is -2.70. The summed E-state index contributed by atoms with van der Waals surface area (Å²) in [7, 11) is 0. The summed E-state index contributed by atoms with van der Waals surface area (Å²) in [6.07, 6.45) is 0.663. The molecule has 1 aromatic rings. The number of amides is 4. The van der Waals surface area contributed by atoms with Crippen molar-refractivity contribution in [3.8, 4) is 5.75 Å². The van der Waals surface area contributed by atoms with E-state index in [-0.39, 0.29) is 36.8 Å². The Balaban J connectivity index is 2.22. The number of aliphatic carboxylic acids is 1. The first-order valence-corrected chi connectivity index (χ1v) is 17.2. The number of quaternary nitrogens is 1. The van der Waals surface area contributed by atoms with Crippen molar-refractivity contribution in [1.29, 1.82) is 0 Å². The lowest BCUT2D eigenvalue weighted by atomic mass is 9.84. The third-order valence-electron chi connectivity index (χ3n) is 8.92. The lowest BCUT2D eigenvalue weighted by Gasteiger charge is -2.31. The highest BCUT2D eigenvalue weighted by molar-refractivity contribution is 7.81. The minimum Gasteiger partial charge on any atom is -0.508 e. The molecule has 0 aromatic heterocycles. The van der Waals surface area contributed by atoms with E-state index in [0.717, 1.165) is 0 Å². The Morgan fingerprint density at radius 1 is 1.04 bits per heavy atom. The molecule has 1 heterocycles. The maximum Gasteiger partial charge on any atom is 0.323 e. The van der Waals surface area contributed by atoms with E-state index in [4.69, 9.17) is 5.73 Å². The topological polar surface area (TPSA) is 261 Å². The average Bonchev–Trinajstić information content (AvgIpc) is 3.57. The number of hydrogen-bond donors (Lipinski definition) is 9. The van der Waals surface area contributed by atoms with Gasteiger partial charge in [0.05, 0.1) is 12.6 Å². The molecular weight excluding hydrogens is 679 g/mol. The second kappa shape index (κ2) is 19.5. The number of aliphatic hydroxyl groups is 1. The molecule has 1 aromatic carbocycles. The van der Waals surface area contributed by atoms with Crippen LogP contribution in [0.15, 0.2) is 24.3 Å². The zero-order valence-electron chi connectivity index (χ0n) is 27.6. The van der Waals surface area contributed by atoms with Crippen LogP contribution in [0.25, 0.3) is 0 Å². The molecule has 0 unspecified atom stereocenters. The molecule has 2 rings (SSSR count). The van der Waals surface area contributed by atoms with Crippen LogP contribution in [0.1, 0.15) is 51.5 Å². The number of nitrogens with two attached hydrogens (primary N) is 1. The molecule has 1 aliphatic heterocycles. The maximum absolute atomic E-state index is 13.8. The molecule has 10 N–H and O–H groups in total. The number of primary amides is 1. The van der Waals surface area contributed by atoms with Crippen molar-refractivity contribution in [2.24, 2.45) is 23.5 Å². The zero-order chi connectivity index (χ0) is 37.0. The SMILES string of the molecule is CC[C@H](C)[C@H](CC(=O)[C@@H]([NH3+])[C@@H](S)C(=O)O)C(=O)N1CCC[C@H]1C(=O)N[C@@H](CS)C(=O)C[C@@H](Cc1ccc(O)cc1)C(=O)N[C@@H](CO)C(N)=O. The number of benzene rings is 1. The fraction of sp³-hybridized carbons (Fsp3) is 0.594. The zero-order valence-corrected chi connectivity index (χ0v) is 29.4. The second-order valence-corrected chi connectivity index (χ2v) is 13.3. The van der Waals surface area contributed by atoms with Crippen molar-refractivity contribution >= 4 is 66.4 Å².